The van der Waals surface area contributed by atoms with Gasteiger partial charge in [0.1, 0.15) is 11.5 Å². The molecular weight excluding hydrogens is 390 g/mol. The summed E-state index contributed by atoms with van der Waals surface area (Å²) in [5.41, 5.74) is 2.39. The van der Waals surface area contributed by atoms with Crippen molar-refractivity contribution in [1.29, 1.82) is 0 Å². The second-order valence-electron chi connectivity index (χ2n) is 7.13. The summed E-state index contributed by atoms with van der Waals surface area (Å²) in [5.74, 6) is 1.32. The van der Waals surface area contributed by atoms with Crippen LogP contribution in [0.15, 0.2) is 78.9 Å². The van der Waals surface area contributed by atoms with Crippen molar-refractivity contribution in [2.45, 2.75) is 20.4 Å². The lowest BCUT2D eigenvalue weighted by Crippen LogP contribution is -2.32. The maximum absolute atomic E-state index is 12.6. The van der Waals surface area contributed by atoms with Gasteiger partial charge in [-0.15, -0.1) is 0 Å². The van der Waals surface area contributed by atoms with Crippen molar-refractivity contribution in [3.8, 4) is 11.5 Å². The molecule has 3 aromatic carbocycles. The topological polar surface area (TPSA) is 70.7 Å². The minimum Gasteiger partial charge on any atom is -0.457 e. The van der Waals surface area contributed by atoms with Gasteiger partial charge in [-0.3, -0.25) is 14.5 Å². The van der Waals surface area contributed by atoms with Crippen molar-refractivity contribution in [2.24, 2.45) is 0 Å². The monoisotopic (exact) mass is 417 g/mol. The number of nitrogens with one attached hydrogen (secondary N) is 2. The first-order chi connectivity index (χ1) is 15.0. The third-order valence-electron chi connectivity index (χ3n) is 4.64. The van der Waals surface area contributed by atoms with E-state index >= 15 is 0 Å². The minimum atomic E-state index is -0.133. The average Bonchev–Trinajstić information content (AvgIpc) is 2.76. The van der Waals surface area contributed by atoms with Gasteiger partial charge in [-0.2, -0.15) is 0 Å². The summed E-state index contributed by atoms with van der Waals surface area (Å²) in [4.78, 5) is 25.7. The van der Waals surface area contributed by atoms with E-state index in [1.165, 1.54) is 6.92 Å². The second-order valence-corrected chi connectivity index (χ2v) is 7.13. The van der Waals surface area contributed by atoms with Crippen LogP contribution >= 0.6 is 0 Å². The van der Waals surface area contributed by atoms with Gasteiger partial charge in [0.25, 0.3) is 0 Å². The lowest BCUT2D eigenvalue weighted by Gasteiger charge is -2.21. The predicted octanol–water partition coefficient (Wildman–Crippen LogP) is 4.90. The molecule has 0 radical (unpaired) electrons. The molecule has 160 valence electrons. The molecule has 0 aromatic heterocycles. The van der Waals surface area contributed by atoms with Crippen molar-refractivity contribution in [3.63, 3.8) is 0 Å². The summed E-state index contributed by atoms with van der Waals surface area (Å²) < 4.78 is 6.04. The standard InChI is InChI=1S/C25H27N3O3/c1-3-28(18-25(30)27-22-15-13-21(14-16-22)26-19(2)29)17-20-9-7-8-12-24(20)31-23-10-5-4-6-11-23/h4-16H,3,17-18H2,1-2H3,(H,26,29)(H,27,30). The predicted molar refractivity (Wildman–Crippen MR) is 123 cm³/mol. The van der Waals surface area contributed by atoms with E-state index in [1.807, 2.05) is 66.4 Å². The number of amides is 2. The first-order valence-electron chi connectivity index (χ1n) is 10.2. The third kappa shape index (κ3) is 6.97. The van der Waals surface area contributed by atoms with Gasteiger partial charge < -0.3 is 15.4 Å². The van der Waals surface area contributed by atoms with Gasteiger partial charge in [0.05, 0.1) is 6.54 Å². The molecule has 0 bridgehead atoms. The number of carbonyl (C=O) groups is 2. The minimum absolute atomic E-state index is 0.101. The molecule has 31 heavy (non-hydrogen) atoms. The highest BCUT2D eigenvalue weighted by molar-refractivity contribution is 5.93. The van der Waals surface area contributed by atoms with E-state index in [-0.39, 0.29) is 18.4 Å². The molecule has 3 rings (SSSR count). The molecule has 2 N–H and O–H groups in total. The van der Waals surface area contributed by atoms with Crippen LogP contribution in [-0.4, -0.2) is 29.8 Å². The number of nitrogens with zero attached hydrogens (tertiary/aromatic N) is 1. The highest BCUT2D eigenvalue weighted by Gasteiger charge is 2.13. The Labute approximate surface area is 182 Å². The number of para-hydroxylation sites is 2. The van der Waals surface area contributed by atoms with E-state index in [0.29, 0.717) is 24.5 Å². The van der Waals surface area contributed by atoms with Crippen molar-refractivity contribution >= 4 is 23.2 Å². The molecular formula is C25H27N3O3. The van der Waals surface area contributed by atoms with Gasteiger partial charge in [-0.25, -0.2) is 0 Å². The van der Waals surface area contributed by atoms with Crippen molar-refractivity contribution < 1.29 is 14.3 Å². The van der Waals surface area contributed by atoms with Crippen LogP contribution in [0, 0.1) is 0 Å². The molecule has 0 atom stereocenters. The van der Waals surface area contributed by atoms with E-state index in [9.17, 15) is 9.59 Å². The quantitative estimate of drug-likeness (QED) is 0.520. The summed E-state index contributed by atoms with van der Waals surface area (Å²) in [6.07, 6.45) is 0. The molecule has 0 saturated carbocycles. The number of rotatable bonds is 9. The highest BCUT2D eigenvalue weighted by Crippen LogP contribution is 2.26. The number of hydrogen-bond donors (Lipinski definition) is 2. The summed E-state index contributed by atoms with van der Waals surface area (Å²) in [7, 11) is 0. The van der Waals surface area contributed by atoms with Gasteiger partial charge in [-0.1, -0.05) is 43.3 Å². The van der Waals surface area contributed by atoms with Gasteiger partial charge in [0.2, 0.25) is 11.8 Å². The summed E-state index contributed by atoms with van der Waals surface area (Å²) in [6, 6.07) is 24.6. The van der Waals surface area contributed by atoms with Crippen molar-refractivity contribution in [3.05, 3.63) is 84.4 Å². The number of carbonyl (C=O) groups excluding carboxylic acids is 2. The van der Waals surface area contributed by atoms with Gasteiger partial charge in [-0.05, 0) is 49.0 Å². The Bertz CT molecular complexity index is 1000. The SMILES string of the molecule is CCN(CC(=O)Nc1ccc(NC(C)=O)cc1)Cc1ccccc1Oc1ccccc1. The number of ether oxygens (including phenoxy) is 1. The zero-order chi connectivity index (χ0) is 22.1. The van der Waals surface area contributed by atoms with Crippen LogP contribution in [0.5, 0.6) is 11.5 Å². The molecule has 0 heterocycles. The van der Waals surface area contributed by atoms with Gasteiger partial charge >= 0.3 is 0 Å². The Morgan fingerprint density at radius 2 is 1.45 bits per heavy atom. The second kappa shape index (κ2) is 10.9. The van der Waals surface area contributed by atoms with Crippen LogP contribution in [-0.2, 0) is 16.1 Å². The van der Waals surface area contributed by atoms with Crippen LogP contribution in [0.3, 0.4) is 0 Å². The lowest BCUT2D eigenvalue weighted by atomic mass is 10.2. The molecule has 0 aliphatic carbocycles. The van der Waals surface area contributed by atoms with Crippen LogP contribution in [0.1, 0.15) is 19.4 Å². The molecule has 3 aromatic rings. The Kier molecular flexibility index (Phi) is 7.79. The van der Waals surface area contributed by atoms with Crippen LogP contribution in [0.25, 0.3) is 0 Å². The largest absolute Gasteiger partial charge is 0.457 e. The van der Waals surface area contributed by atoms with Crippen LogP contribution < -0.4 is 15.4 Å². The lowest BCUT2D eigenvalue weighted by molar-refractivity contribution is -0.117. The van der Waals surface area contributed by atoms with Crippen molar-refractivity contribution in [2.75, 3.05) is 23.7 Å². The maximum Gasteiger partial charge on any atom is 0.238 e. The van der Waals surface area contributed by atoms with E-state index in [4.69, 9.17) is 4.74 Å². The van der Waals surface area contributed by atoms with E-state index in [2.05, 4.69) is 10.6 Å². The number of hydrogen-bond acceptors (Lipinski definition) is 4. The molecule has 6 heteroatoms. The normalized spacial score (nSPS) is 10.5. The van der Waals surface area contributed by atoms with Crippen LogP contribution in [0.4, 0.5) is 11.4 Å². The zero-order valence-corrected chi connectivity index (χ0v) is 17.8. The molecule has 0 aliphatic heterocycles. The smallest absolute Gasteiger partial charge is 0.238 e. The zero-order valence-electron chi connectivity index (χ0n) is 17.8. The fraction of sp³-hybridized carbons (Fsp3) is 0.200. The molecule has 0 unspecified atom stereocenters. The van der Waals surface area contributed by atoms with E-state index < -0.39 is 0 Å². The molecule has 0 saturated heterocycles. The molecule has 2 amide bonds. The van der Waals surface area contributed by atoms with Crippen LogP contribution in [0.2, 0.25) is 0 Å². The molecule has 0 fully saturated rings. The maximum atomic E-state index is 12.6. The third-order valence-corrected chi connectivity index (χ3v) is 4.64. The summed E-state index contributed by atoms with van der Waals surface area (Å²) >= 11 is 0. The number of likely N-dealkylation sites (N-methyl/N-ethyl adjacent to an activating group) is 1. The Morgan fingerprint density at radius 1 is 0.839 bits per heavy atom. The molecule has 0 spiro atoms. The highest BCUT2D eigenvalue weighted by atomic mass is 16.5. The number of benzene rings is 3. The first kappa shape index (κ1) is 22.1. The molecule has 0 aliphatic rings. The number of anilines is 2. The Balaban J connectivity index is 1.60. The van der Waals surface area contributed by atoms with Gasteiger partial charge in [0, 0.05) is 30.4 Å². The Morgan fingerprint density at radius 3 is 2.10 bits per heavy atom. The fourth-order valence-electron chi connectivity index (χ4n) is 3.11. The van der Waals surface area contributed by atoms with Crippen molar-refractivity contribution in [1.82, 2.24) is 4.90 Å². The average molecular weight is 418 g/mol. The Hall–Kier alpha value is -3.64. The van der Waals surface area contributed by atoms with E-state index in [1.54, 1.807) is 24.3 Å². The first-order valence-corrected chi connectivity index (χ1v) is 10.2. The summed E-state index contributed by atoms with van der Waals surface area (Å²) in [6.45, 7) is 5.04. The molecule has 6 nitrogen and oxygen atoms in total. The summed E-state index contributed by atoms with van der Waals surface area (Å²) in [5, 5.41) is 5.61. The van der Waals surface area contributed by atoms with E-state index in [0.717, 1.165) is 17.1 Å². The van der Waals surface area contributed by atoms with Gasteiger partial charge in [0.15, 0.2) is 0 Å². The fourth-order valence-corrected chi connectivity index (χ4v) is 3.11.